The van der Waals surface area contributed by atoms with Crippen molar-refractivity contribution in [3.63, 3.8) is 0 Å². The van der Waals surface area contributed by atoms with Crippen LogP contribution in [0.3, 0.4) is 0 Å². The molecule has 152 valence electrons. The van der Waals surface area contributed by atoms with Gasteiger partial charge in [0.1, 0.15) is 5.75 Å². The van der Waals surface area contributed by atoms with E-state index in [-0.39, 0.29) is 11.3 Å². The van der Waals surface area contributed by atoms with Crippen LogP contribution in [0.4, 0.5) is 0 Å². The fourth-order valence-corrected chi connectivity index (χ4v) is 4.70. The van der Waals surface area contributed by atoms with Gasteiger partial charge in [-0.2, -0.15) is 0 Å². The Hall–Kier alpha value is -2.90. The molecule has 3 rings (SSSR count). The van der Waals surface area contributed by atoms with E-state index in [0.29, 0.717) is 17.6 Å². The van der Waals surface area contributed by atoms with Gasteiger partial charge in [0.25, 0.3) is 0 Å². The molecule has 0 radical (unpaired) electrons. The van der Waals surface area contributed by atoms with Crippen molar-refractivity contribution >= 4 is 26.8 Å². The highest BCUT2D eigenvalue weighted by atomic mass is 32.2. The third-order valence-corrected chi connectivity index (χ3v) is 6.20. The number of carbonyl (C=O) groups is 1. The fourth-order valence-electron chi connectivity index (χ4n) is 3.24. The highest BCUT2D eigenvalue weighted by Crippen LogP contribution is 2.24. The average molecular weight is 413 g/mol. The summed E-state index contributed by atoms with van der Waals surface area (Å²) in [6.07, 6.45) is 0.230. The van der Waals surface area contributed by atoms with Gasteiger partial charge in [0.15, 0.2) is 0 Å². The molecular formula is C22H23NO5S. The van der Waals surface area contributed by atoms with Gasteiger partial charge in [0, 0.05) is 11.4 Å². The molecule has 1 unspecified atom stereocenters. The third kappa shape index (κ3) is 5.13. The van der Waals surface area contributed by atoms with Crippen molar-refractivity contribution in [1.82, 2.24) is 4.72 Å². The van der Waals surface area contributed by atoms with E-state index in [9.17, 15) is 13.2 Å². The first-order chi connectivity index (χ1) is 13.9. The van der Waals surface area contributed by atoms with Crippen molar-refractivity contribution in [2.45, 2.75) is 23.8 Å². The summed E-state index contributed by atoms with van der Waals surface area (Å²) in [6, 6.07) is 19.0. The number of benzene rings is 3. The van der Waals surface area contributed by atoms with Crippen molar-refractivity contribution in [2.75, 3.05) is 14.2 Å². The first kappa shape index (κ1) is 20.8. The number of esters is 1. The van der Waals surface area contributed by atoms with Crippen LogP contribution in [0.1, 0.15) is 12.0 Å². The summed E-state index contributed by atoms with van der Waals surface area (Å²) in [4.78, 5) is 12.1. The molecule has 6 nitrogen and oxygen atoms in total. The lowest BCUT2D eigenvalue weighted by Gasteiger charge is -2.19. The Morgan fingerprint density at radius 2 is 1.72 bits per heavy atom. The van der Waals surface area contributed by atoms with Gasteiger partial charge in [-0.15, -0.1) is 0 Å². The first-order valence-corrected chi connectivity index (χ1v) is 10.6. The van der Waals surface area contributed by atoms with Crippen LogP contribution in [0.15, 0.2) is 71.6 Å². The maximum absolute atomic E-state index is 13.2. The zero-order chi connectivity index (χ0) is 20.9. The number of carbonyl (C=O) groups excluding carboxylic acids is 1. The molecule has 0 bridgehead atoms. The number of hydrogen-bond donors (Lipinski definition) is 1. The Bertz CT molecular complexity index is 1110. The third-order valence-electron chi connectivity index (χ3n) is 4.62. The molecule has 0 amide bonds. The first-order valence-electron chi connectivity index (χ1n) is 9.13. The second-order valence-electron chi connectivity index (χ2n) is 6.63. The minimum atomic E-state index is -3.86. The van der Waals surface area contributed by atoms with Crippen LogP contribution in [0, 0.1) is 0 Å². The molecule has 0 aliphatic rings. The molecule has 0 fully saturated rings. The number of rotatable bonds is 8. The van der Waals surface area contributed by atoms with E-state index in [1.165, 1.54) is 7.11 Å². The van der Waals surface area contributed by atoms with Crippen molar-refractivity contribution < 1.29 is 22.7 Å². The highest BCUT2D eigenvalue weighted by Gasteiger charge is 2.24. The molecule has 0 heterocycles. The van der Waals surface area contributed by atoms with E-state index >= 15 is 0 Å². The summed E-state index contributed by atoms with van der Waals surface area (Å²) >= 11 is 0. The molecule has 29 heavy (non-hydrogen) atoms. The van der Waals surface area contributed by atoms with Gasteiger partial charge in [0.2, 0.25) is 10.0 Å². The molecule has 0 saturated heterocycles. The van der Waals surface area contributed by atoms with E-state index < -0.39 is 22.0 Å². The van der Waals surface area contributed by atoms with Gasteiger partial charge in [-0.05, 0) is 35.6 Å². The minimum Gasteiger partial charge on any atom is -0.497 e. The second kappa shape index (κ2) is 9.07. The molecular weight excluding hydrogens is 390 g/mol. The van der Waals surface area contributed by atoms with Crippen LogP contribution in [-0.4, -0.2) is 34.6 Å². The minimum absolute atomic E-state index is 0.0856. The fraction of sp³-hybridized carbons (Fsp3) is 0.227. The van der Waals surface area contributed by atoms with E-state index in [0.717, 1.165) is 10.9 Å². The number of nitrogens with one attached hydrogen (secondary N) is 1. The summed E-state index contributed by atoms with van der Waals surface area (Å²) in [7, 11) is -1.02. The molecule has 3 aromatic carbocycles. The second-order valence-corrected chi connectivity index (χ2v) is 8.31. The van der Waals surface area contributed by atoms with Crippen LogP contribution >= 0.6 is 0 Å². The quantitative estimate of drug-likeness (QED) is 0.573. The van der Waals surface area contributed by atoms with Crippen LogP contribution in [0.25, 0.3) is 10.8 Å². The molecule has 0 aliphatic carbocycles. The maximum Gasteiger partial charge on any atom is 0.307 e. The standard InChI is InChI=1S/C22H23NO5S/c1-27-19-10-5-7-16(14-19)13-18(15-22(24)28-2)23-29(25,26)21-12-6-9-17-8-3-4-11-20(17)21/h3-12,14,18,23H,13,15H2,1-2H3. The Morgan fingerprint density at radius 1 is 1.00 bits per heavy atom. The lowest BCUT2D eigenvalue weighted by Crippen LogP contribution is -2.38. The summed E-state index contributed by atoms with van der Waals surface area (Å²) < 4.78 is 39.0. The number of fused-ring (bicyclic) bond motifs is 1. The van der Waals surface area contributed by atoms with Crippen molar-refractivity contribution in [2.24, 2.45) is 0 Å². The Balaban J connectivity index is 1.92. The molecule has 0 aromatic heterocycles. The molecule has 1 N–H and O–H groups in total. The zero-order valence-corrected chi connectivity index (χ0v) is 17.1. The zero-order valence-electron chi connectivity index (χ0n) is 16.3. The van der Waals surface area contributed by atoms with Gasteiger partial charge >= 0.3 is 5.97 Å². The number of hydrogen-bond acceptors (Lipinski definition) is 5. The lowest BCUT2D eigenvalue weighted by atomic mass is 10.0. The van der Waals surface area contributed by atoms with Crippen LogP contribution in [-0.2, 0) is 26.0 Å². The summed E-state index contributed by atoms with van der Waals surface area (Å²) in [5, 5.41) is 1.45. The Morgan fingerprint density at radius 3 is 2.48 bits per heavy atom. The summed E-state index contributed by atoms with van der Waals surface area (Å²) in [5.41, 5.74) is 0.846. The van der Waals surface area contributed by atoms with Gasteiger partial charge in [-0.3, -0.25) is 4.79 Å². The number of sulfonamides is 1. The van der Waals surface area contributed by atoms with Gasteiger partial charge < -0.3 is 9.47 Å². The normalized spacial score (nSPS) is 12.5. The smallest absolute Gasteiger partial charge is 0.307 e. The van der Waals surface area contributed by atoms with E-state index in [4.69, 9.17) is 9.47 Å². The molecule has 0 aliphatic heterocycles. The van der Waals surface area contributed by atoms with Crippen LogP contribution < -0.4 is 9.46 Å². The van der Waals surface area contributed by atoms with Gasteiger partial charge in [-0.25, -0.2) is 13.1 Å². The molecule has 1 atom stereocenters. The van der Waals surface area contributed by atoms with E-state index in [2.05, 4.69) is 4.72 Å². The van der Waals surface area contributed by atoms with E-state index in [1.54, 1.807) is 37.4 Å². The summed E-state index contributed by atoms with van der Waals surface area (Å²) in [6.45, 7) is 0. The highest BCUT2D eigenvalue weighted by molar-refractivity contribution is 7.89. The summed E-state index contributed by atoms with van der Waals surface area (Å²) in [5.74, 6) is 0.176. The topological polar surface area (TPSA) is 81.7 Å². The SMILES string of the molecule is COC(=O)CC(Cc1cccc(OC)c1)NS(=O)(=O)c1cccc2ccccc12. The van der Waals surface area contributed by atoms with E-state index in [1.807, 2.05) is 36.4 Å². The Labute approximate surface area is 170 Å². The predicted octanol–water partition coefficient (Wildman–Crippen LogP) is 3.30. The largest absolute Gasteiger partial charge is 0.497 e. The average Bonchev–Trinajstić information content (AvgIpc) is 2.73. The van der Waals surface area contributed by atoms with Crippen LogP contribution in [0.2, 0.25) is 0 Å². The molecule has 0 spiro atoms. The predicted molar refractivity (Wildman–Crippen MR) is 111 cm³/mol. The van der Waals surface area contributed by atoms with Crippen LogP contribution in [0.5, 0.6) is 5.75 Å². The maximum atomic E-state index is 13.2. The number of ether oxygens (including phenoxy) is 2. The number of methoxy groups -OCH3 is 2. The molecule has 0 saturated carbocycles. The van der Waals surface area contributed by atoms with Crippen molar-refractivity contribution in [3.05, 3.63) is 72.3 Å². The van der Waals surface area contributed by atoms with Gasteiger partial charge in [-0.1, -0.05) is 48.5 Å². The van der Waals surface area contributed by atoms with Crippen molar-refractivity contribution in [1.29, 1.82) is 0 Å². The Kier molecular flexibility index (Phi) is 6.51. The molecule has 7 heteroatoms. The molecule has 3 aromatic rings. The van der Waals surface area contributed by atoms with Crippen molar-refractivity contribution in [3.8, 4) is 5.75 Å². The van der Waals surface area contributed by atoms with Gasteiger partial charge in [0.05, 0.1) is 25.5 Å². The lowest BCUT2D eigenvalue weighted by molar-refractivity contribution is -0.141. The monoisotopic (exact) mass is 413 g/mol.